The van der Waals surface area contributed by atoms with Gasteiger partial charge in [0.1, 0.15) is 5.75 Å². The van der Waals surface area contributed by atoms with E-state index in [0.29, 0.717) is 6.07 Å². The van der Waals surface area contributed by atoms with Gasteiger partial charge in [-0.15, -0.1) is 0 Å². The molecule has 2 N–H and O–H groups in total. The van der Waals surface area contributed by atoms with E-state index in [0.717, 1.165) is 12.1 Å². The van der Waals surface area contributed by atoms with Gasteiger partial charge in [-0.1, -0.05) is 12.1 Å². The van der Waals surface area contributed by atoms with Crippen LogP contribution in [0.3, 0.4) is 0 Å². The van der Waals surface area contributed by atoms with Gasteiger partial charge < -0.3 is 19.5 Å². The van der Waals surface area contributed by atoms with Crippen LogP contribution in [-0.4, -0.2) is 35.1 Å². The first kappa shape index (κ1) is 18.8. The van der Waals surface area contributed by atoms with Gasteiger partial charge in [-0.05, 0) is 50.9 Å². The molecule has 1 aromatic carbocycles. The standard InChI is InChI=1S/C16H20BF3O4/c1-14(2)15(3,4)24-17(23-14)11(9-21)7-10-5-6-12(22)8-13(10)16(18,19)20/h5-8,21-22H,9H2,1-4H3. The average molecular weight is 344 g/mol. The van der Waals surface area contributed by atoms with Crippen molar-refractivity contribution in [2.45, 2.75) is 45.1 Å². The summed E-state index contributed by atoms with van der Waals surface area (Å²) in [5, 5.41) is 18.9. The minimum atomic E-state index is -4.64. The molecule has 0 bridgehead atoms. The van der Waals surface area contributed by atoms with Crippen LogP contribution in [0, 0.1) is 0 Å². The highest BCUT2D eigenvalue weighted by molar-refractivity contribution is 6.55. The Labute approximate surface area is 139 Å². The zero-order valence-electron chi connectivity index (χ0n) is 13.9. The Morgan fingerprint density at radius 3 is 2.17 bits per heavy atom. The van der Waals surface area contributed by atoms with E-state index in [1.54, 1.807) is 0 Å². The van der Waals surface area contributed by atoms with Crippen LogP contribution in [0.25, 0.3) is 6.08 Å². The van der Waals surface area contributed by atoms with Gasteiger partial charge in [0.15, 0.2) is 0 Å². The Morgan fingerprint density at radius 1 is 1.17 bits per heavy atom. The molecule has 1 heterocycles. The van der Waals surface area contributed by atoms with Crippen LogP contribution in [0.1, 0.15) is 38.8 Å². The van der Waals surface area contributed by atoms with Crippen molar-refractivity contribution in [2.24, 2.45) is 0 Å². The number of aromatic hydroxyl groups is 1. The number of benzene rings is 1. The third-order valence-electron chi connectivity index (χ3n) is 4.42. The maximum absolute atomic E-state index is 13.1. The predicted octanol–water partition coefficient (Wildman–Crippen LogP) is 3.42. The number of alkyl halides is 3. The fourth-order valence-corrected chi connectivity index (χ4v) is 2.30. The normalized spacial score (nSPS) is 20.5. The fraction of sp³-hybridized carbons (Fsp3) is 0.500. The van der Waals surface area contributed by atoms with Gasteiger partial charge in [-0.3, -0.25) is 0 Å². The van der Waals surface area contributed by atoms with Crippen LogP contribution < -0.4 is 0 Å². The lowest BCUT2D eigenvalue weighted by Crippen LogP contribution is -2.41. The predicted molar refractivity (Wildman–Crippen MR) is 84.3 cm³/mol. The van der Waals surface area contributed by atoms with Gasteiger partial charge in [0, 0.05) is 0 Å². The fourth-order valence-electron chi connectivity index (χ4n) is 2.30. The number of phenolic OH excluding ortho intramolecular Hbond substituents is 1. The molecule has 0 aliphatic carbocycles. The van der Waals surface area contributed by atoms with Crippen LogP contribution in [0.4, 0.5) is 13.2 Å². The number of aliphatic hydroxyl groups is 1. The molecule has 1 aromatic rings. The summed E-state index contributed by atoms with van der Waals surface area (Å²) < 4.78 is 50.9. The summed E-state index contributed by atoms with van der Waals surface area (Å²) in [5.74, 6) is -0.486. The van der Waals surface area contributed by atoms with Crippen molar-refractivity contribution in [1.82, 2.24) is 0 Å². The van der Waals surface area contributed by atoms with Gasteiger partial charge in [0.2, 0.25) is 0 Å². The van der Waals surface area contributed by atoms with Crippen LogP contribution >= 0.6 is 0 Å². The molecular weight excluding hydrogens is 324 g/mol. The zero-order chi connectivity index (χ0) is 18.3. The summed E-state index contributed by atoms with van der Waals surface area (Å²) >= 11 is 0. The Kier molecular flexibility index (Phi) is 4.78. The summed E-state index contributed by atoms with van der Waals surface area (Å²) in [7, 11) is -0.949. The van der Waals surface area contributed by atoms with E-state index < -0.39 is 42.4 Å². The average Bonchev–Trinajstić information content (AvgIpc) is 2.64. The molecule has 24 heavy (non-hydrogen) atoms. The molecule has 0 unspecified atom stereocenters. The summed E-state index contributed by atoms with van der Waals surface area (Å²) in [5.41, 5.74) is -2.35. The molecule has 0 aromatic heterocycles. The Hall–Kier alpha value is -1.51. The zero-order valence-corrected chi connectivity index (χ0v) is 13.9. The molecule has 2 rings (SSSR count). The second-order valence-electron chi connectivity index (χ2n) is 6.73. The van der Waals surface area contributed by atoms with Crippen LogP contribution in [-0.2, 0) is 15.5 Å². The highest BCUT2D eigenvalue weighted by atomic mass is 19.4. The molecule has 1 saturated heterocycles. The monoisotopic (exact) mass is 344 g/mol. The Balaban J connectivity index is 2.43. The van der Waals surface area contributed by atoms with Crippen LogP contribution in [0.5, 0.6) is 5.75 Å². The van der Waals surface area contributed by atoms with Crippen molar-refractivity contribution >= 4 is 13.2 Å². The molecule has 0 radical (unpaired) electrons. The summed E-state index contributed by atoms with van der Waals surface area (Å²) in [6.45, 7) is 6.72. The van der Waals surface area contributed by atoms with Gasteiger partial charge >= 0.3 is 13.3 Å². The summed E-state index contributed by atoms with van der Waals surface area (Å²) in [4.78, 5) is 0. The Morgan fingerprint density at radius 2 is 1.71 bits per heavy atom. The third-order valence-corrected chi connectivity index (χ3v) is 4.42. The smallest absolute Gasteiger partial charge is 0.492 e. The number of hydrogen-bond donors (Lipinski definition) is 2. The van der Waals surface area contributed by atoms with Gasteiger partial charge in [-0.2, -0.15) is 13.2 Å². The molecular formula is C16H20BF3O4. The number of hydrogen-bond acceptors (Lipinski definition) is 4. The van der Waals surface area contributed by atoms with E-state index in [9.17, 15) is 23.4 Å². The maximum atomic E-state index is 13.1. The molecule has 4 nitrogen and oxygen atoms in total. The molecule has 0 saturated carbocycles. The lowest BCUT2D eigenvalue weighted by atomic mass is 9.77. The second kappa shape index (κ2) is 6.09. The summed E-state index contributed by atoms with van der Waals surface area (Å²) in [6, 6.07) is 2.93. The van der Waals surface area contributed by atoms with E-state index in [2.05, 4.69) is 0 Å². The minimum absolute atomic E-state index is 0.171. The molecule has 132 valence electrons. The van der Waals surface area contributed by atoms with Crippen molar-refractivity contribution < 1.29 is 32.7 Å². The first-order valence-corrected chi connectivity index (χ1v) is 7.44. The SMILES string of the molecule is CC1(C)OB(C(=Cc2ccc(O)cc2C(F)(F)F)CO)OC1(C)C. The molecule has 8 heteroatoms. The quantitative estimate of drug-likeness (QED) is 0.825. The number of halogens is 3. The van der Waals surface area contributed by atoms with E-state index in [1.165, 1.54) is 6.08 Å². The van der Waals surface area contributed by atoms with E-state index in [4.69, 9.17) is 9.31 Å². The highest BCUT2D eigenvalue weighted by Crippen LogP contribution is 2.40. The van der Waals surface area contributed by atoms with Crippen molar-refractivity contribution in [2.75, 3.05) is 6.61 Å². The van der Waals surface area contributed by atoms with Crippen molar-refractivity contribution in [3.63, 3.8) is 0 Å². The van der Waals surface area contributed by atoms with E-state index in [-0.39, 0.29) is 11.0 Å². The number of phenols is 1. The number of aliphatic hydroxyl groups excluding tert-OH is 1. The van der Waals surface area contributed by atoms with Crippen molar-refractivity contribution in [1.29, 1.82) is 0 Å². The lowest BCUT2D eigenvalue weighted by molar-refractivity contribution is -0.137. The molecule has 1 fully saturated rings. The second-order valence-corrected chi connectivity index (χ2v) is 6.73. The minimum Gasteiger partial charge on any atom is -0.508 e. The first-order valence-electron chi connectivity index (χ1n) is 7.44. The molecule has 0 amide bonds. The van der Waals surface area contributed by atoms with E-state index >= 15 is 0 Å². The van der Waals surface area contributed by atoms with Gasteiger partial charge in [0.05, 0.1) is 23.4 Å². The van der Waals surface area contributed by atoms with Crippen LogP contribution in [0.15, 0.2) is 23.7 Å². The highest BCUT2D eigenvalue weighted by Gasteiger charge is 2.52. The summed E-state index contributed by atoms with van der Waals surface area (Å²) in [6.07, 6.45) is -3.45. The molecule has 1 aliphatic heterocycles. The van der Waals surface area contributed by atoms with E-state index in [1.807, 2.05) is 27.7 Å². The number of rotatable bonds is 3. The van der Waals surface area contributed by atoms with Gasteiger partial charge in [-0.25, -0.2) is 0 Å². The molecule has 0 spiro atoms. The van der Waals surface area contributed by atoms with Crippen molar-refractivity contribution in [3.05, 3.63) is 34.8 Å². The maximum Gasteiger partial charge on any atom is 0.492 e. The topological polar surface area (TPSA) is 58.9 Å². The van der Waals surface area contributed by atoms with Gasteiger partial charge in [0.25, 0.3) is 0 Å². The molecule has 0 atom stereocenters. The Bertz CT molecular complexity index is 637. The largest absolute Gasteiger partial charge is 0.508 e. The van der Waals surface area contributed by atoms with Crippen LogP contribution in [0.2, 0.25) is 0 Å². The third kappa shape index (κ3) is 3.60. The van der Waals surface area contributed by atoms with Crippen molar-refractivity contribution in [3.8, 4) is 5.75 Å². The lowest BCUT2D eigenvalue weighted by Gasteiger charge is -2.32. The first-order chi connectivity index (χ1) is 10.9. The molecule has 1 aliphatic rings.